The summed E-state index contributed by atoms with van der Waals surface area (Å²) in [6.07, 6.45) is 2.15. The molecular weight excluding hydrogens is 298 g/mol. The molecule has 5 nitrogen and oxygen atoms in total. The molecule has 1 saturated heterocycles. The second-order valence-electron chi connectivity index (χ2n) is 6.26. The molecule has 3 rings (SSSR count). The lowest BCUT2D eigenvalue weighted by molar-refractivity contribution is -0.133. The number of thiophene rings is 1. The van der Waals surface area contributed by atoms with Crippen LogP contribution in [0.5, 0.6) is 0 Å². The van der Waals surface area contributed by atoms with Gasteiger partial charge in [-0.15, -0.1) is 10.2 Å². The van der Waals surface area contributed by atoms with Crippen LogP contribution in [0.4, 0.5) is 0 Å². The van der Waals surface area contributed by atoms with Gasteiger partial charge in [-0.05, 0) is 29.7 Å². The Morgan fingerprint density at radius 3 is 2.82 bits per heavy atom. The number of carbonyl (C=O) groups is 1. The van der Waals surface area contributed by atoms with Crippen LogP contribution in [0.3, 0.4) is 0 Å². The molecule has 6 heteroatoms. The van der Waals surface area contributed by atoms with Crippen molar-refractivity contribution in [3.8, 4) is 11.5 Å². The number of piperidine rings is 1. The molecule has 0 N–H and O–H groups in total. The summed E-state index contributed by atoms with van der Waals surface area (Å²) in [5, 5.41) is 12.0. The Morgan fingerprint density at radius 1 is 1.36 bits per heavy atom. The first-order chi connectivity index (χ1) is 10.6. The van der Waals surface area contributed by atoms with Crippen molar-refractivity contribution in [3.05, 3.63) is 22.7 Å². The van der Waals surface area contributed by atoms with Crippen LogP contribution in [0.2, 0.25) is 0 Å². The summed E-state index contributed by atoms with van der Waals surface area (Å²) in [7, 11) is 0. The van der Waals surface area contributed by atoms with Crippen LogP contribution in [0.25, 0.3) is 11.5 Å². The fraction of sp³-hybridized carbons (Fsp3) is 0.562. The van der Waals surface area contributed by atoms with Crippen molar-refractivity contribution < 1.29 is 9.21 Å². The van der Waals surface area contributed by atoms with E-state index in [9.17, 15) is 4.79 Å². The maximum atomic E-state index is 12.3. The van der Waals surface area contributed by atoms with Gasteiger partial charge in [-0.25, -0.2) is 0 Å². The molecule has 1 aliphatic heterocycles. The molecule has 0 aliphatic carbocycles. The second-order valence-corrected chi connectivity index (χ2v) is 7.04. The zero-order valence-corrected chi connectivity index (χ0v) is 13.8. The maximum Gasteiger partial charge on any atom is 0.248 e. The first-order valence-corrected chi connectivity index (χ1v) is 8.69. The number of amides is 1. The van der Waals surface area contributed by atoms with E-state index >= 15 is 0 Å². The van der Waals surface area contributed by atoms with E-state index in [0.717, 1.165) is 18.7 Å². The second kappa shape index (κ2) is 6.60. The predicted octanol–water partition coefficient (Wildman–Crippen LogP) is 3.24. The summed E-state index contributed by atoms with van der Waals surface area (Å²) in [5.74, 6) is 2.42. The highest BCUT2D eigenvalue weighted by Gasteiger charge is 2.25. The van der Waals surface area contributed by atoms with Crippen molar-refractivity contribution in [3.63, 3.8) is 0 Å². The number of rotatable bonds is 4. The summed E-state index contributed by atoms with van der Waals surface area (Å²) < 4.78 is 5.62. The molecule has 2 aromatic rings. The van der Waals surface area contributed by atoms with Crippen molar-refractivity contribution >= 4 is 17.2 Å². The number of nitrogens with zero attached hydrogens (tertiary/aromatic N) is 3. The minimum Gasteiger partial charge on any atom is -0.421 e. The van der Waals surface area contributed by atoms with E-state index in [1.807, 2.05) is 21.7 Å². The van der Waals surface area contributed by atoms with Gasteiger partial charge < -0.3 is 9.32 Å². The van der Waals surface area contributed by atoms with E-state index in [2.05, 4.69) is 24.0 Å². The number of carbonyl (C=O) groups excluding carboxylic acids is 1. The quantitative estimate of drug-likeness (QED) is 0.868. The van der Waals surface area contributed by atoms with Gasteiger partial charge in [-0.2, -0.15) is 11.3 Å². The van der Waals surface area contributed by atoms with Gasteiger partial charge in [0.15, 0.2) is 0 Å². The average Bonchev–Trinajstić information content (AvgIpc) is 3.14. The third kappa shape index (κ3) is 3.55. The van der Waals surface area contributed by atoms with E-state index in [-0.39, 0.29) is 5.91 Å². The molecule has 0 spiro atoms. The molecule has 3 heterocycles. The fourth-order valence-electron chi connectivity index (χ4n) is 3.10. The van der Waals surface area contributed by atoms with Crippen molar-refractivity contribution in [1.29, 1.82) is 0 Å². The molecule has 0 radical (unpaired) electrons. The van der Waals surface area contributed by atoms with Crippen LogP contribution in [-0.2, 0) is 11.2 Å². The van der Waals surface area contributed by atoms with Crippen LogP contribution >= 0.6 is 11.3 Å². The van der Waals surface area contributed by atoms with Crippen LogP contribution in [0.1, 0.15) is 32.6 Å². The lowest BCUT2D eigenvalue weighted by atomic mass is 9.91. The highest BCUT2D eigenvalue weighted by atomic mass is 32.1. The zero-order valence-electron chi connectivity index (χ0n) is 13.0. The Bertz CT molecular complexity index is 613. The molecule has 0 bridgehead atoms. The van der Waals surface area contributed by atoms with E-state index in [1.54, 1.807) is 11.3 Å². The van der Waals surface area contributed by atoms with E-state index in [0.29, 0.717) is 36.5 Å². The summed E-state index contributed by atoms with van der Waals surface area (Å²) >= 11 is 1.59. The summed E-state index contributed by atoms with van der Waals surface area (Å²) in [4.78, 5) is 14.3. The Balaban J connectivity index is 1.55. The SMILES string of the molecule is C[C@H]1C[C@H](C)CN(C(=O)CCc2nnc(-c3ccsc3)o2)C1. The number of aromatic nitrogens is 2. The topological polar surface area (TPSA) is 59.2 Å². The smallest absolute Gasteiger partial charge is 0.248 e. The van der Waals surface area contributed by atoms with Gasteiger partial charge in [-0.3, -0.25) is 4.79 Å². The van der Waals surface area contributed by atoms with E-state index < -0.39 is 0 Å². The Labute approximate surface area is 134 Å². The Morgan fingerprint density at radius 2 is 2.14 bits per heavy atom. The van der Waals surface area contributed by atoms with Crippen molar-refractivity contribution in [2.24, 2.45) is 11.8 Å². The van der Waals surface area contributed by atoms with Gasteiger partial charge in [0.1, 0.15) is 0 Å². The molecule has 2 aromatic heterocycles. The first-order valence-electron chi connectivity index (χ1n) is 7.74. The van der Waals surface area contributed by atoms with Crippen molar-refractivity contribution in [1.82, 2.24) is 15.1 Å². The van der Waals surface area contributed by atoms with Crippen LogP contribution < -0.4 is 0 Å². The number of likely N-dealkylation sites (tertiary alicyclic amines) is 1. The lowest BCUT2D eigenvalue weighted by Gasteiger charge is -2.35. The highest BCUT2D eigenvalue weighted by Crippen LogP contribution is 2.23. The third-order valence-electron chi connectivity index (χ3n) is 4.01. The zero-order chi connectivity index (χ0) is 15.5. The van der Waals surface area contributed by atoms with E-state index in [1.165, 1.54) is 6.42 Å². The third-order valence-corrected chi connectivity index (χ3v) is 4.69. The molecule has 1 fully saturated rings. The summed E-state index contributed by atoms with van der Waals surface area (Å²) in [6.45, 7) is 6.16. The van der Waals surface area contributed by atoms with Gasteiger partial charge in [0.2, 0.25) is 17.7 Å². The number of hydrogen-bond donors (Lipinski definition) is 0. The first kappa shape index (κ1) is 15.2. The fourth-order valence-corrected chi connectivity index (χ4v) is 3.73. The minimum atomic E-state index is 0.189. The molecule has 1 aliphatic rings. The Kier molecular flexibility index (Phi) is 4.57. The van der Waals surface area contributed by atoms with Gasteiger partial charge in [0.25, 0.3) is 0 Å². The standard InChI is InChI=1S/C16H21N3O2S/c1-11-7-12(2)9-19(8-11)15(20)4-3-14-17-18-16(21-14)13-5-6-22-10-13/h5-6,10-12H,3-4,7-9H2,1-2H3/t11-,12-/m0/s1. The molecule has 0 unspecified atom stereocenters. The predicted molar refractivity (Wildman–Crippen MR) is 85.5 cm³/mol. The average molecular weight is 319 g/mol. The van der Waals surface area contributed by atoms with Gasteiger partial charge in [0, 0.05) is 36.9 Å². The van der Waals surface area contributed by atoms with Gasteiger partial charge >= 0.3 is 0 Å². The van der Waals surface area contributed by atoms with Crippen molar-refractivity contribution in [2.45, 2.75) is 33.1 Å². The molecule has 0 aromatic carbocycles. The monoisotopic (exact) mass is 319 g/mol. The molecule has 2 atom stereocenters. The largest absolute Gasteiger partial charge is 0.421 e. The molecule has 0 saturated carbocycles. The van der Waals surface area contributed by atoms with Crippen LogP contribution in [0.15, 0.2) is 21.2 Å². The maximum absolute atomic E-state index is 12.3. The highest BCUT2D eigenvalue weighted by molar-refractivity contribution is 7.08. The van der Waals surface area contributed by atoms with Gasteiger partial charge in [0.05, 0.1) is 0 Å². The Hall–Kier alpha value is -1.69. The van der Waals surface area contributed by atoms with E-state index in [4.69, 9.17) is 4.42 Å². The van der Waals surface area contributed by atoms with Crippen LogP contribution in [0, 0.1) is 11.8 Å². The minimum absolute atomic E-state index is 0.189. The molecule has 1 amide bonds. The molecule has 22 heavy (non-hydrogen) atoms. The van der Waals surface area contributed by atoms with Gasteiger partial charge in [-0.1, -0.05) is 13.8 Å². The number of hydrogen-bond acceptors (Lipinski definition) is 5. The van der Waals surface area contributed by atoms with Crippen molar-refractivity contribution in [2.75, 3.05) is 13.1 Å². The number of aryl methyl sites for hydroxylation is 1. The van der Waals surface area contributed by atoms with Crippen LogP contribution in [-0.4, -0.2) is 34.1 Å². The summed E-state index contributed by atoms with van der Waals surface area (Å²) in [6, 6.07) is 1.95. The molecule has 118 valence electrons. The lowest BCUT2D eigenvalue weighted by Crippen LogP contribution is -2.42. The normalized spacial score (nSPS) is 22.0. The summed E-state index contributed by atoms with van der Waals surface area (Å²) in [5.41, 5.74) is 0.939. The molecular formula is C16H21N3O2S.